The lowest BCUT2D eigenvalue weighted by Crippen LogP contribution is -2.41. The second kappa shape index (κ2) is 12.5. The molecule has 0 radical (unpaired) electrons. The summed E-state index contributed by atoms with van der Waals surface area (Å²) in [6.07, 6.45) is 0. The zero-order valence-corrected chi connectivity index (χ0v) is 25.0. The summed E-state index contributed by atoms with van der Waals surface area (Å²) in [5, 5.41) is 13.5. The molecule has 0 bridgehead atoms. The van der Waals surface area contributed by atoms with Crippen LogP contribution in [0.4, 0.5) is 10.1 Å². The van der Waals surface area contributed by atoms with Gasteiger partial charge in [0.25, 0.3) is 0 Å². The van der Waals surface area contributed by atoms with Crippen LogP contribution in [0.25, 0.3) is 11.3 Å². The van der Waals surface area contributed by atoms with E-state index in [-0.39, 0.29) is 5.04 Å². The minimum atomic E-state index is -1.84. The summed E-state index contributed by atoms with van der Waals surface area (Å²) in [6, 6.07) is 11.8. The van der Waals surface area contributed by atoms with E-state index < -0.39 is 14.1 Å². The number of thioether (sulfide) groups is 1. The van der Waals surface area contributed by atoms with Gasteiger partial charge in [-0.3, -0.25) is 0 Å². The molecule has 0 amide bonds. The number of rotatable bonds is 11. The molecule has 2 aromatic carbocycles. The van der Waals surface area contributed by atoms with Crippen LogP contribution in [0.2, 0.25) is 23.2 Å². The van der Waals surface area contributed by atoms with Crippen LogP contribution >= 0.6 is 23.4 Å². The number of methoxy groups -OCH3 is 2. The molecule has 37 heavy (non-hydrogen) atoms. The first kappa shape index (κ1) is 29.2. The van der Waals surface area contributed by atoms with E-state index in [9.17, 15) is 4.39 Å². The average molecular weight is 564 g/mol. The number of anilines is 1. The molecule has 1 heterocycles. The SMILES string of the molecule is COc1ccc(CNc2cc(-c3cc(Cl)ccc3F)nnc2SCCO[Si](C)(C)C(C)(C)C)c(OC)c1. The first-order valence-corrected chi connectivity index (χ1v) is 16.3. The minimum absolute atomic E-state index is 0.143. The second-order valence-corrected chi connectivity index (χ2v) is 16.4. The molecule has 3 rings (SSSR count). The molecule has 10 heteroatoms. The van der Waals surface area contributed by atoms with Crippen molar-refractivity contribution in [2.24, 2.45) is 0 Å². The minimum Gasteiger partial charge on any atom is -0.497 e. The Balaban J connectivity index is 1.84. The number of nitrogens with one attached hydrogen (secondary N) is 1. The largest absolute Gasteiger partial charge is 0.497 e. The molecule has 0 unspecified atom stereocenters. The van der Waals surface area contributed by atoms with Crippen LogP contribution in [0.15, 0.2) is 47.5 Å². The zero-order valence-electron chi connectivity index (χ0n) is 22.4. The molecule has 0 spiro atoms. The van der Waals surface area contributed by atoms with Gasteiger partial charge in [0.1, 0.15) is 22.3 Å². The summed E-state index contributed by atoms with van der Waals surface area (Å²) in [5.74, 6) is 1.71. The van der Waals surface area contributed by atoms with Crippen molar-refractivity contribution in [3.8, 4) is 22.8 Å². The summed E-state index contributed by atoms with van der Waals surface area (Å²) >= 11 is 7.67. The highest BCUT2D eigenvalue weighted by Crippen LogP contribution is 2.37. The van der Waals surface area contributed by atoms with Crippen molar-refractivity contribution in [1.82, 2.24) is 10.2 Å². The van der Waals surface area contributed by atoms with E-state index in [1.165, 1.54) is 12.1 Å². The highest BCUT2D eigenvalue weighted by molar-refractivity contribution is 7.99. The smallest absolute Gasteiger partial charge is 0.192 e. The molecule has 200 valence electrons. The average Bonchev–Trinajstić information content (AvgIpc) is 2.86. The number of hydrogen-bond donors (Lipinski definition) is 1. The molecular weight excluding hydrogens is 529 g/mol. The quantitative estimate of drug-likeness (QED) is 0.146. The Morgan fingerprint density at radius 3 is 2.46 bits per heavy atom. The van der Waals surface area contributed by atoms with Crippen molar-refractivity contribution in [2.45, 2.75) is 50.5 Å². The monoisotopic (exact) mass is 563 g/mol. The van der Waals surface area contributed by atoms with Crippen LogP contribution in [-0.2, 0) is 11.0 Å². The van der Waals surface area contributed by atoms with Gasteiger partial charge in [-0.15, -0.1) is 22.0 Å². The highest BCUT2D eigenvalue weighted by Gasteiger charge is 2.36. The Kier molecular flexibility index (Phi) is 9.85. The van der Waals surface area contributed by atoms with Crippen LogP contribution in [0.1, 0.15) is 26.3 Å². The van der Waals surface area contributed by atoms with Crippen molar-refractivity contribution < 1.29 is 18.3 Å². The molecular formula is C27H35ClFN3O3SSi. The molecule has 0 fully saturated rings. The van der Waals surface area contributed by atoms with Gasteiger partial charge in [0.05, 0.1) is 25.6 Å². The fourth-order valence-electron chi connectivity index (χ4n) is 3.28. The number of benzene rings is 2. The Labute approximate surface area is 229 Å². The van der Waals surface area contributed by atoms with Gasteiger partial charge in [0.2, 0.25) is 0 Å². The van der Waals surface area contributed by atoms with Gasteiger partial charge in [-0.05, 0) is 54.5 Å². The molecule has 6 nitrogen and oxygen atoms in total. The van der Waals surface area contributed by atoms with Crippen LogP contribution in [0.3, 0.4) is 0 Å². The first-order valence-electron chi connectivity index (χ1n) is 12.0. The molecule has 0 aliphatic carbocycles. The third-order valence-corrected chi connectivity index (χ3v) is 12.2. The predicted octanol–water partition coefficient (Wildman–Crippen LogP) is 7.68. The Morgan fingerprint density at radius 1 is 1.03 bits per heavy atom. The zero-order chi connectivity index (χ0) is 27.2. The number of nitrogens with zero attached hydrogens (tertiary/aromatic N) is 2. The topological polar surface area (TPSA) is 65.5 Å². The Morgan fingerprint density at radius 2 is 1.78 bits per heavy atom. The lowest BCUT2D eigenvalue weighted by atomic mass is 10.1. The van der Waals surface area contributed by atoms with Gasteiger partial charge in [0.15, 0.2) is 8.32 Å². The summed E-state index contributed by atoms with van der Waals surface area (Å²) in [4.78, 5) is 0. The molecule has 1 N–H and O–H groups in total. The Hall–Kier alpha value is -2.33. The lowest BCUT2D eigenvalue weighted by Gasteiger charge is -2.36. The molecule has 0 saturated carbocycles. The van der Waals surface area contributed by atoms with Crippen molar-refractivity contribution in [1.29, 1.82) is 0 Å². The van der Waals surface area contributed by atoms with Gasteiger partial charge in [-0.1, -0.05) is 32.4 Å². The second-order valence-electron chi connectivity index (χ2n) is 10.1. The maximum absolute atomic E-state index is 14.6. The van der Waals surface area contributed by atoms with Crippen LogP contribution < -0.4 is 14.8 Å². The fraction of sp³-hybridized carbons (Fsp3) is 0.407. The van der Waals surface area contributed by atoms with Crippen LogP contribution in [-0.4, -0.2) is 45.1 Å². The number of hydrogen-bond acceptors (Lipinski definition) is 7. The van der Waals surface area contributed by atoms with E-state index in [0.717, 1.165) is 11.3 Å². The number of ether oxygens (including phenoxy) is 2. The van der Waals surface area contributed by atoms with Crippen LogP contribution in [0.5, 0.6) is 11.5 Å². The van der Waals surface area contributed by atoms with E-state index in [4.69, 9.17) is 25.5 Å². The summed E-state index contributed by atoms with van der Waals surface area (Å²) in [5.41, 5.74) is 2.36. The highest BCUT2D eigenvalue weighted by atomic mass is 35.5. The first-order chi connectivity index (χ1) is 17.4. The van der Waals surface area contributed by atoms with Gasteiger partial charge in [0, 0.05) is 41.1 Å². The van der Waals surface area contributed by atoms with E-state index >= 15 is 0 Å². The summed E-state index contributed by atoms with van der Waals surface area (Å²) < 4.78 is 31.7. The number of halogens is 2. The maximum atomic E-state index is 14.6. The molecule has 1 aromatic heterocycles. The van der Waals surface area contributed by atoms with Gasteiger partial charge in [-0.2, -0.15) is 0 Å². The Bertz CT molecular complexity index is 1220. The molecule has 0 saturated heterocycles. The predicted molar refractivity (Wildman–Crippen MR) is 153 cm³/mol. The van der Waals surface area contributed by atoms with Crippen molar-refractivity contribution in [3.05, 3.63) is 58.9 Å². The van der Waals surface area contributed by atoms with E-state index in [1.807, 2.05) is 18.2 Å². The van der Waals surface area contributed by atoms with Crippen molar-refractivity contribution in [2.75, 3.05) is 31.9 Å². The summed E-state index contributed by atoms with van der Waals surface area (Å²) in [6.45, 7) is 12.2. The van der Waals surface area contributed by atoms with Crippen LogP contribution in [0, 0.1) is 5.82 Å². The maximum Gasteiger partial charge on any atom is 0.192 e. The van der Waals surface area contributed by atoms with Gasteiger partial charge >= 0.3 is 0 Å². The van der Waals surface area contributed by atoms with E-state index in [0.29, 0.717) is 51.7 Å². The standard InChI is InChI=1S/C27H35ClFN3O3SSi/c1-27(2,3)37(6,7)35-12-13-36-26-24(30-17-18-8-10-20(33-4)15-25(18)34-5)16-23(31-32-26)21-14-19(28)9-11-22(21)29/h8-11,14-16H,12-13,17H2,1-7H3,(H,30,31). The van der Waals surface area contributed by atoms with Crippen molar-refractivity contribution >= 4 is 37.4 Å². The fourth-order valence-corrected chi connectivity index (χ4v) is 5.39. The third kappa shape index (κ3) is 7.60. The van der Waals surface area contributed by atoms with Gasteiger partial charge < -0.3 is 19.2 Å². The molecule has 0 aliphatic rings. The van der Waals surface area contributed by atoms with E-state index in [1.54, 1.807) is 38.1 Å². The van der Waals surface area contributed by atoms with E-state index in [2.05, 4.69) is 49.4 Å². The molecule has 0 atom stereocenters. The lowest BCUT2D eigenvalue weighted by molar-refractivity contribution is 0.311. The molecule has 3 aromatic rings. The molecule has 0 aliphatic heterocycles. The van der Waals surface area contributed by atoms with Gasteiger partial charge in [-0.25, -0.2) is 4.39 Å². The number of aromatic nitrogens is 2. The normalized spacial score (nSPS) is 11.9. The van der Waals surface area contributed by atoms with Crippen molar-refractivity contribution in [3.63, 3.8) is 0 Å². The summed E-state index contributed by atoms with van der Waals surface area (Å²) in [7, 11) is 1.39. The third-order valence-electron chi connectivity index (χ3n) is 6.52.